The fourth-order valence-electron chi connectivity index (χ4n) is 1.96. The van der Waals surface area contributed by atoms with E-state index in [4.69, 9.17) is 0 Å². The van der Waals surface area contributed by atoms with Crippen molar-refractivity contribution in [2.75, 3.05) is 6.54 Å². The molecule has 1 nitrogen and oxygen atoms in total. The molecule has 0 saturated heterocycles. The molecular weight excluding hydrogens is 230 g/mol. The maximum absolute atomic E-state index is 3.51. The van der Waals surface area contributed by atoms with Crippen LogP contribution in [0.25, 0.3) is 0 Å². The van der Waals surface area contributed by atoms with Crippen molar-refractivity contribution in [2.24, 2.45) is 0 Å². The lowest BCUT2D eigenvalue weighted by Gasteiger charge is -2.11. The van der Waals surface area contributed by atoms with Gasteiger partial charge in [-0.15, -0.1) is 0 Å². The Kier molecular flexibility index (Phi) is 7.41. The number of rotatable bonds is 7. The van der Waals surface area contributed by atoms with Crippen molar-refractivity contribution < 1.29 is 0 Å². The molecule has 0 radical (unpaired) electrons. The highest BCUT2D eigenvalue weighted by Crippen LogP contribution is 2.07. The van der Waals surface area contributed by atoms with Gasteiger partial charge < -0.3 is 5.32 Å². The molecule has 102 valence electrons. The van der Waals surface area contributed by atoms with Crippen molar-refractivity contribution in [2.45, 2.75) is 33.6 Å². The average Bonchev–Trinajstić information content (AvgIpc) is 2.46. The van der Waals surface area contributed by atoms with Gasteiger partial charge in [-0.3, -0.25) is 0 Å². The molecule has 0 fully saturated rings. The zero-order valence-electron chi connectivity index (χ0n) is 12.3. The third-order valence-electron chi connectivity index (χ3n) is 3.05. The number of nitrogens with one attached hydrogen (secondary N) is 1. The summed E-state index contributed by atoms with van der Waals surface area (Å²) in [6, 6.07) is 10.6. The molecule has 0 aliphatic carbocycles. The molecule has 1 rings (SSSR count). The molecule has 0 saturated carbocycles. The van der Waals surface area contributed by atoms with Gasteiger partial charge in [-0.2, -0.15) is 0 Å². The predicted octanol–water partition coefficient (Wildman–Crippen LogP) is 4.64. The van der Waals surface area contributed by atoms with Crippen LogP contribution in [-0.4, -0.2) is 6.54 Å². The SMILES string of the molecule is C\C=C/C=C(C)/C(=C/C)NCCCc1ccccc1. The highest BCUT2D eigenvalue weighted by molar-refractivity contribution is 5.30. The Morgan fingerprint density at radius 3 is 2.53 bits per heavy atom. The lowest BCUT2D eigenvalue weighted by Crippen LogP contribution is -2.16. The highest BCUT2D eigenvalue weighted by atomic mass is 14.9. The minimum absolute atomic E-state index is 1.01. The van der Waals surface area contributed by atoms with Crippen LogP contribution in [0.15, 0.2) is 65.9 Å². The van der Waals surface area contributed by atoms with Gasteiger partial charge in [-0.05, 0) is 44.7 Å². The van der Waals surface area contributed by atoms with E-state index in [2.05, 4.69) is 67.7 Å². The van der Waals surface area contributed by atoms with Crippen LogP contribution in [0.2, 0.25) is 0 Å². The van der Waals surface area contributed by atoms with E-state index in [1.807, 2.05) is 13.0 Å². The van der Waals surface area contributed by atoms with E-state index in [0.29, 0.717) is 0 Å². The van der Waals surface area contributed by atoms with Crippen molar-refractivity contribution in [1.29, 1.82) is 0 Å². The lowest BCUT2D eigenvalue weighted by molar-refractivity contribution is 0.727. The van der Waals surface area contributed by atoms with Crippen LogP contribution in [0.3, 0.4) is 0 Å². The molecular formula is C18H25N. The monoisotopic (exact) mass is 255 g/mol. The molecule has 1 aromatic rings. The van der Waals surface area contributed by atoms with E-state index < -0.39 is 0 Å². The van der Waals surface area contributed by atoms with Gasteiger partial charge >= 0.3 is 0 Å². The quantitative estimate of drug-likeness (QED) is 0.553. The first-order valence-corrected chi connectivity index (χ1v) is 7.02. The summed E-state index contributed by atoms with van der Waals surface area (Å²) in [7, 11) is 0. The molecule has 0 spiro atoms. The van der Waals surface area contributed by atoms with Crippen molar-refractivity contribution in [3.63, 3.8) is 0 Å². The van der Waals surface area contributed by atoms with Gasteiger partial charge in [0, 0.05) is 12.2 Å². The van der Waals surface area contributed by atoms with Crippen LogP contribution in [-0.2, 0) is 6.42 Å². The van der Waals surface area contributed by atoms with Gasteiger partial charge in [0.05, 0.1) is 0 Å². The summed E-state index contributed by atoms with van der Waals surface area (Å²) >= 11 is 0. The van der Waals surface area contributed by atoms with Crippen LogP contribution in [0.4, 0.5) is 0 Å². The number of hydrogen-bond donors (Lipinski definition) is 1. The zero-order chi connectivity index (χ0) is 13.9. The van der Waals surface area contributed by atoms with Gasteiger partial charge in [0.25, 0.3) is 0 Å². The van der Waals surface area contributed by atoms with Crippen LogP contribution in [0.1, 0.15) is 32.8 Å². The van der Waals surface area contributed by atoms with E-state index in [9.17, 15) is 0 Å². The van der Waals surface area contributed by atoms with Crippen LogP contribution in [0, 0.1) is 0 Å². The molecule has 0 heterocycles. The third kappa shape index (κ3) is 6.10. The van der Waals surface area contributed by atoms with E-state index >= 15 is 0 Å². The summed E-state index contributed by atoms with van der Waals surface area (Å²) in [5.41, 5.74) is 3.92. The smallest absolute Gasteiger partial charge is 0.0326 e. The summed E-state index contributed by atoms with van der Waals surface area (Å²) in [4.78, 5) is 0. The normalized spacial score (nSPS) is 13.0. The largest absolute Gasteiger partial charge is 0.385 e. The predicted molar refractivity (Wildman–Crippen MR) is 85.1 cm³/mol. The molecule has 0 amide bonds. The molecule has 0 aliphatic heterocycles. The molecule has 0 aliphatic rings. The molecule has 1 N–H and O–H groups in total. The number of aryl methyl sites for hydroxylation is 1. The van der Waals surface area contributed by atoms with Gasteiger partial charge in [0.2, 0.25) is 0 Å². The Morgan fingerprint density at radius 1 is 1.16 bits per heavy atom. The molecule has 0 atom stereocenters. The molecule has 0 bridgehead atoms. The summed E-state index contributed by atoms with van der Waals surface area (Å²) in [6.45, 7) is 7.26. The van der Waals surface area contributed by atoms with E-state index in [0.717, 1.165) is 19.4 Å². The van der Waals surface area contributed by atoms with E-state index in [1.165, 1.54) is 16.8 Å². The van der Waals surface area contributed by atoms with E-state index in [-0.39, 0.29) is 0 Å². The van der Waals surface area contributed by atoms with Crippen LogP contribution < -0.4 is 5.32 Å². The summed E-state index contributed by atoms with van der Waals surface area (Å²) in [6.07, 6.45) is 10.7. The van der Waals surface area contributed by atoms with Gasteiger partial charge in [0.1, 0.15) is 0 Å². The van der Waals surface area contributed by atoms with Crippen LogP contribution >= 0.6 is 0 Å². The first kappa shape index (κ1) is 15.3. The molecule has 0 unspecified atom stereocenters. The Labute approximate surface area is 117 Å². The fourth-order valence-corrected chi connectivity index (χ4v) is 1.96. The van der Waals surface area contributed by atoms with Gasteiger partial charge in [-0.25, -0.2) is 0 Å². The zero-order valence-corrected chi connectivity index (χ0v) is 12.3. The minimum atomic E-state index is 1.01. The fraction of sp³-hybridized carbons (Fsp3) is 0.333. The number of benzene rings is 1. The van der Waals surface area contributed by atoms with Crippen molar-refractivity contribution >= 4 is 0 Å². The van der Waals surface area contributed by atoms with Crippen molar-refractivity contribution in [3.05, 3.63) is 71.5 Å². The number of allylic oxidation sites excluding steroid dienone is 5. The second-order valence-electron chi connectivity index (χ2n) is 4.59. The average molecular weight is 255 g/mol. The third-order valence-corrected chi connectivity index (χ3v) is 3.05. The first-order valence-electron chi connectivity index (χ1n) is 7.02. The second-order valence-corrected chi connectivity index (χ2v) is 4.59. The van der Waals surface area contributed by atoms with E-state index in [1.54, 1.807) is 0 Å². The molecule has 19 heavy (non-hydrogen) atoms. The molecule has 1 aromatic carbocycles. The second kappa shape index (κ2) is 9.21. The summed E-state index contributed by atoms with van der Waals surface area (Å²) in [5.74, 6) is 0. The Hall–Kier alpha value is -1.76. The Balaban J connectivity index is 2.35. The maximum Gasteiger partial charge on any atom is 0.0326 e. The van der Waals surface area contributed by atoms with Crippen molar-refractivity contribution in [1.82, 2.24) is 5.32 Å². The molecule has 0 aromatic heterocycles. The maximum atomic E-state index is 3.51. The minimum Gasteiger partial charge on any atom is -0.385 e. The van der Waals surface area contributed by atoms with Gasteiger partial charge in [-0.1, -0.05) is 54.6 Å². The summed E-state index contributed by atoms with van der Waals surface area (Å²) < 4.78 is 0. The topological polar surface area (TPSA) is 12.0 Å². The Bertz CT molecular complexity index is 438. The van der Waals surface area contributed by atoms with Gasteiger partial charge in [0.15, 0.2) is 0 Å². The molecule has 1 heteroatoms. The summed E-state index contributed by atoms with van der Waals surface area (Å²) in [5, 5.41) is 3.51. The highest BCUT2D eigenvalue weighted by Gasteiger charge is 1.97. The standard InChI is InChI=1S/C18H25N/c1-4-6-11-16(3)18(5-2)19-15-10-14-17-12-8-7-9-13-17/h4-9,11-13,19H,10,14-15H2,1-3H3/b6-4-,16-11+,18-5-. The Morgan fingerprint density at radius 2 is 1.89 bits per heavy atom. The first-order chi connectivity index (χ1) is 9.27. The van der Waals surface area contributed by atoms with Crippen molar-refractivity contribution in [3.8, 4) is 0 Å². The van der Waals surface area contributed by atoms with Crippen LogP contribution in [0.5, 0.6) is 0 Å². The lowest BCUT2D eigenvalue weighted by atomic mass is 10.1. The number of hydrogen-bond acceptors (Lipinski definition) is 1.